The highest BCUT2D eigenvalue weighted by Crippen LogP contribution is 2.22. The molecule has 0 aliphatic carbocycles. The molecule has 2 heterocycles. The number of aromatic nitrogens is 2. The summed E-state index contributed by atoms with van der Waals surface area (Å²) in [5.41, 5.74) is 2.87. The summed E-state index contributed by atoms with van der Waals surface area (Å²) >= 11 is 0. The van der Waals surface area contributed by atoms with Crippen LogP contribution in [0.3, 0.4) is 0 Å². The summed E-state index contributed by atoms with van der Waals surface area (Å²) in [5.74, 6) is 0.684. The van der Waals surface area contributed by atoms with Gasteiger partial charge in [0.2, 0.25) is 0 Å². The average molecular weight is 199 g/mol. The van der Waals surface area contributed by atoms with Crippen molar-refractivity contribution in [2.75, 3.05) is 7.11 Å². The van der Waals surface area contributed by atoms with Crippen LogP contribution in [0, 0.1) is 13.0 Å². The minimum absolute atomic E-state index is 0.684. The number of pyridine rings is 2. The van der Waals surface area contributed by atoms with Crippen molar-refractivity contribution in [1.82, 2.24) is 9.97 Å². The minimum Gasteiger partial charge on any atom is -0.496 e. The van der Waals surface area contributed by atoms with E-state index in [1.807, 2.05) is 13.0 Å². The van der Waals surface area contributed by atoms with Crippen molar-refractivity contribution in [2.45, 2.75) is 6.92 Å². The molecule has 2 aromatic rings. The Labute approximate surface area is 88.8 Å². The number of ether oxygens (including phenoxy) is 1. The third kappa shape index (κ3) is 1.96. The molecule has 0 aliphatic rings. The Kier molecular flexibility index (Phi) is 2.63. The molecule has 0 saturated heterocycles. The lowest BCUT2D eigenvalue weighted by atomic mass is 10.1. The van der Waals surface area contributed by atoms with Crippen LogP contribution in [0.4, 0.5) is 0 Å². The predicted octanol–water partition coefficient (Wildman–Crippen LogP) is 2.26. The fourth-order valence-electron chi connectivity index (χ4n) is 1.34. The normalized spacial score (nSPS) is 10.0. The maximum absolute atomic E-state index is 5.10. The summed E-state index contributed by atoms with van der Waals surface area (Å²) in [7, 11) is 1.62. The molecule has 3 nitrogen and oxygen atoms in total. The van der Waals surface area contributed by atoms with Gasteiger partial charge >= 0.3 is 0 Å². The summed E-state index contributed by atoms with van der Waals surface area (Å²) in [5, 5.41) is 0. The number of rotatable bonds is 2. The number of hydrogen-bond acceptors (Lipinski definition) is 3. The monoisotopic (exact) mass is 199 g/mol. The first-order valence-electron chi connectivity index (χ1n) is 4.64. The largest absolute Gasteiger partial charge is 0.496 e. The van der Waals surface area contributed by atoms with E-state index in [2.05, 4.69) is 16.0 Å². The smallest absolute Gasteiger partial charge is 0.130 e. The molecule has 0 unspecified atom stereocenters. The van der Waals surface area contributed by atoms with Gasteiger partial charge in [-0.15, -0.1) is 0 Å². The van der Waals surface area contributed by atoms with E-state index >= 15 is 0 Å². The molecule has 0 saturated carbocycles. The highest BCUT2D eigenvalue weighted by atomic mass is 16.5. The fraction of sp³-hybridized carbons (Fsp3) is 0.167. The lowest BCUT2D eigenvalue weighted by molar-refractivity contribution is 0.413. The number of methoxy groups -OCH3 is 1. The van der Waals surface area contributed by atoms with Crippen LogP contribution in [0.15, 0.2) is 30.7 Å². The molecule has 0 aliphatic heterocycles. The first kappa shape index (κ1) is 9.65. The maximum Gasteiger partial charge on any atom is 0.130 e. The van der Waals surface area contributed by atoms with E-state index in [0.29, 0.717) is 5.75 Å². The van der Waals surface area contributed by atoms with Gasteiger partial charge in [-0.05, 0) is 24.6 Å². The van der Waals surface area contributed by atoms with Gasteiger partial charge in [0.25, 0.3) is 0 Å². The summed E-state index contributed by atoms with van der Waals surface area (Å²) in [6.07, 6.45) is 5.25. The first-order valence-corrected chi connectivity index (χ1v) is 4.64. The lowest BCUT2D eigenvalue weighted by Gasteiger charge is -2.04. The van der Waals surface area contributed by atoms with Crippen LogP contribution in [0.2, 0.25) is 0 Å². The van der Waals surface area contributed by atoms with Gasteiger partial charge in [-0.25, -0.2) is 0 Å². The van der Waals surface area contributed by atoms with Crippen molar-refractivity contribution < 1.29 is 4.74 Å². The van der Waals surface area contributed by atoms with Crippen LogP contribution in [0.5, 0.6) is 5.75 Å². The van der Waals surface area contributed by atoms with Crippen LogP contribution in [0.1, 0.15) is 5.56 Å². The SMILES string of the molecule is COc1[c]c(-c2cnccc2C)ncc1. The van der Waals surface area contributed by atoms with Crippen molar-refractivity contribution in [1.29, 1.82) is 0 Å². The van der Waals surface area contributed by atoms with Gasteiger partial charge < -0.3 is 4.74 Å². The van der Waals surface area contributed by atoms with Gasteiger partial charge in [-0.2, -0.15) is 0 Å². The van der Waals surface area contributed by atoms with Crippen LogP contribution in [-0.4, -0.2) is 17.1 Å². The number of nitrogens with zero attached hydrogens (tertiary/aromatic N) is 2. The quantitative estimate of drug-likeness (QED) is 0.744. The second-order valence-corrected chi connectivity index (χ2v) is 3.18. The zero-order chi connectivity index (χ0) is 10.7. The summed E-state index contributed by atoms with van der Waals surface area (Å²) in [6.45, 7) is 2.02. The summed E-state index contributed by atoms with van der Waals surface area (Å²) in [6, 6.07) is 6.80. The molecule has 0 amide bonds. The van der Waals surface area contributed by atoms with E-state index in [0.717, 1.165) is 16.8 Å². The van der Waals surface area contributed by atoms with Gasteiger partial charge in [0.1, 0.15) is 5.75 Å². The van der Waals surface area contributed by atoms with Crippen molar-refractivity contribution in [2.24, 2.45) is 0 Å². The molecule has 0 spiro atoms. The molecule has 0 aromatic carbocycles. The average Bonchev–Trinajstić information content (AvgIpc) is 2.30. The van der Waals surface area contributed by atoms with Crippen LogP contribution < -0.4 is 4.74 Å². The third-order valence-corrected chi connectivity index (χ3v) is 2.19. The van der Waals surface area contributed by atoms with Crippen molar-refractivity contribution in [3.8, 4) is 17.0 Å². The Bertz CT molecular complexity index is 469. The zero-order valence-electron chi connectivity index (χ0n) is 8.69. The van der Waals surface area contributed by atoms with Crippen molar-refractivity contribution in [3.63, 3.8) is 0 Å². The van der Waals surface area contributed by atoms with Crippen molar-refractivity contribution >= 4 is 0 Å². The van der Waals surface area contributed by atoms with E-state index in [9.17, 15) is 0 Å². The van der Waals surface area contributed by atoms with Crippen LogP contribution in [0.25, 0.3) is 11.3 Å². The van der Waals surface area contributed by atoms with Gasteiger partial charge in [-0.1, -0.05) is 0 Å². The van der Waals surface area contributed by atoms with Crippen molar-refractivity contribution in [3.05, 3.63) is 42.4 Å². The molecule has 15 heavy (non-hydrogen) atoms. The lowest BCUT2D eigenvalue weighted by Crippen LogP contribution is -1.90. The van der Waals surface area contributed by atoms with Gasteiger partial charge in [0.05, 0.1) is 18.9 Å². The van der Waals surface area contributed by atoms with E-state index in [4.69, 9.17) is 4.74 Å². The standard InChI is InChI=1S/C12H11N2O/c1-9-3-5-13-8-11(9)12-7-10(15-2)4-6-14-12/h3-6,8H,1-2H3. The zero-order valence-corrected chi connectivity index (χ0v) is 8.69. The summed E-state index contributed by atoms with van der Waals surface area (Å²) in [4.78, 5) is 8.32. The molecule has 2 rings (SSSR count). The molecule has 75 valence electrons. The molecule has 3 heteroatoms. The molecule has 2 aromatic heterocycles. The fourth-order valence-corrected chi connectivity index (χ4v) is 1.34. The maximum atomic E-state index is 5.10. The molecule has 0 N–H and O–H groups in total. The molecule has 0 atom stereocenters. The van der Waals surface area contributed by atoms with Gasteiger partial charge in [0.15, 0.2) is 0 Å². The Morgan fingerprint density at radius 2 is 2.13 bits per heavy atom. The highest BCUT2D eigenvalue weighted by molar-refractivity contribution is 5.62. The topological polar surface area (TPSA) is 35.0 Å². The van der Waals surface area contributed by atoms with Gasteiger partial charge in [0, 0.05) is 24.2 Å². The molecule has 0 bridgehead atoms. The molecule has 0 fully saturated rings. The summed E-state index contributed by atoms with van der Waals surface area (Å²) < 4.78 is 5.10. The van der Waals surface area contributed by atoms with E-state index in [-0.39, 0.29) is 0 Å². The number of hydrogen-bond donors (Lipinski definition) is 0. The Morgan fingerprint density at radius 3 is 2.87 bits per heavy atom. The van der Waals surface area contributed by atoms with E-state index in [1.54, 1.807) is 31.8 Å². The Hall–Kier alpha value is -1.90. The Morgan fingerprint density at radius 1 is 1.27 bits per heavy atom. The molecular formula is C12H11N2O. The second-order valence-electron chi connectivity index (χ2n) is 3.18. The minimum atomic E-state index is 0.684. The molecule has 1 radical (unpaired) electrons. The van der Waals surface area contributed by atoms with Crippen LogP contribution >= 0.6 is 0 Å². The first-order chi connectivity index (χ1) is 7.31. The van der Waals surface area contributed by atoms with E-state index in [1.165, 1.54) is 0 Å². The Balaban J connectivity index is 2.49. The predicted molar refractivity (Wildman–Crippen MR) is 57.6 cm³/mol. The third-order valence-electron chi connectivity index (χ3n) is 2.19. The second kappa shape index (κ2) is 4.09. The molecular weight excluding hydrogens is 188 g/mol. The van der Waals surface area contributed by atoms with E-state index < -0.39 is 0 Å². The van der Waals surface area contributed by atoms with Gasteiger partial charge in [-0.3, -0.25) is 9.97 Å². The number of aryl methyl sites for hydroxylation is 1. The highest BCUT2D eigenvalue weighted by Gasteiger charge is 2.04. The van der Waals surface area contributed by atoms with Crippen LogP contribution in [-0.2, 0) is 0 Å².